The maximum absolute atomic E-state index is 13.0. The third-order valence-electron chi connectivity index (χ3n) is 6.37. The van der Waals surface area contributed by atoms with Crippen molar-refractivity contribution in [1.29, 1.82) is 0 Å². The number of pyridine rings is 1. The molecular weight excluding hydrogens is 499 g/mol. The third-order valence-corrected chi connectivity index (χ3v) is 7.04. The minimum Gasteiger partial charge on any atom is -0.326 e. The van der Waals surface area contributed by atoms with E-state index in [4.69, 9.17) is 0 Å². The minimum absolute atomic E-state index is 0.0653. The number of anilines is 2. The lowest BCUT2D eigenvalue weighted by atomic mass is 9.95. The SMILES string of the molecule is CS(=O)(=O)NCC1(c2ccc(N3CCC[C@H](NC(=O)Nc4ccc(C(F)(F)F)nc4)C3=O)cc2)CC1. The zero-order chi connectivity index (χ0) is 26.1. The van der Waals surface area contributed by atoms with E-state index in [1.165, 1.54) is 0 Å². The minimum atomic E-state index is -4.58. The first kappa shape index (κ1) is 25.9. The molecule has 0 bridgehead atoms. The van der Waals surface area contributed by atoms with Crippen molar-refractivity contribution in [2.75, 3.05) is 29.6 Å². The van der Waals surface area contributed by atoms with Gasteiger partial charge >= 0.3 is 12.2 Å². The second-order valence-electron chi connectivity index (χ2n) is 9.13. The van der Waals surface area contributed by atoms with Gasteiger partial charge < -0.3 is 15.5 Å². The molecule has 1 saturated carbocycles. The van der Waals surface area contributed by atoms with E-state index in [2.05, 4.69) is 20.3 Å². The van der Waals surface area contributed by atoms with E-state index in [0.29, 0.717) is 31.6 Å². The highest BCUT2D eigenvalue weighted by Crippen LogP contribution is 2.48. The van der Waals surface area contributed by atoms with Gasteiger partial charge in [-0.15, -0.1) is 0 Å². The maximum Gasteiger partial charge on any atom is 0.433 e. The number of benzene rings is 1. The summed E-state index contributed by atoms with van der Waals surface area (Å²) in [4.78, 5) is 30.3. The number of hydrogen-bond donors (Lipinski definition) is 3. The first-order chi connectivity index (χ1) is 16.9. The fourth-order valence-corrected chi connectivity index (χ4v) is 4.75. The average Bonchev–Trinajstić information content (AvgIpc) is 3.60. The lowest BCUT2D eigenvalue weighted by Crippen LogP contribution is -2.53. The summed E-state index contributed by atoms with van der Waals surface area (Å²) in [5, 5.41) is 4.98. The van der Waals surface area contributed by atoms with Crippen LogP contribution in [-0.2, 0) is 26.4 Å². The van der Waals surface area contributed by atoms with Crippen molar-refractivity contribution in [1.82, 2.24) is 15.0 Å². The Labute approximate surface area is 206 Å². The van der Waals surface area contributed by atoms with Gasteiger partial charge in [-0.3, -0.25) is 4.79 Å². The summed E-state index contributed by atoms with van der Waals surface area (Å²) in [5.74, 6) is -0.297. The van der Waals surface area contributed by atoms with Crippen molar-refractivity contribution in [2.45, 2.75) is 43.3 Å². The standard InChI is InChI=1S/C23H26F3N5O4S/c1-36(34,35)28-14-22(10-11-22)15-4-7-17(8-5-15)31-12-2-3-18(20(31)32)30-21(33)29-16-6-9-19(27-13-16)23(24,25)26/h4-9,13,18,28H,2-3,10-12,14H2,1H3,(H2,29,30,33)/t18-/m0/s1. The second-order valence-corrected chi connectivity index (χ2v) is 11.0. The number of carbonyl (C=O) groups is 2. The highest BCUT2D eigenvalue weighted by Gasteiger charge is 2.44. The predicted molar refractivity (Wildman–Crippen MR) is 127 cm³/mol. The number of aromatic nitrogens is 1. The Kier molecular flexibility index (Phi) is 6.97. The summed E-state index contributed by atoms with van der Waals surface area (Å²) in [6.45, 7) is 0.797. The number of sulfonamides is 1. The van der Waals surface area contributed by atoms with Crippen LogP contribution in [0.1, 0.15) is 36.9 Å². The van der Waals surface area contributed by atoms with Crippen molar-refractivity contribution in [3.8, 4) is 0 Å². The number of urea groups is 1. The van der Waals surface area contributed by atoms with Gasteiger partial charge in [-0.05, 0) is 55.5 Å². The van der Waals surface area contributed by atoms with Crippen LogP contribution in [0.5, 0.6) is 0 Å². The molecule has 4 rings (SSSR count). The highest BCUT2D eigenvalue weighted by molar-refractivity contribution is 7.88. The molecule has 1 aromatic heterocycles. The van der Waals surface area contributed by atoms with E-state index >= 15 is 0 Å². The predicted octanol–water partition coefficient (Wildman–Crippen LogP) is 3.00. The topological polar surface area (TPSA) is 120 Å². The summed E-state index contributed by atoms with van der Waals surface area (Å²) >= 11 is 0. The summed E-state index contributed by atoms with van der Waals surface area (Å²) in [7, 11) is -3.29. The van der Waals surface area contributed by atoms with E-state index in [0.717, 1.165) is 43.0 Å². The Balaban J connectivity index is 1.36. The smallest absolute Gasteiger partial charge is 0.326 e. The number of halogens is 3. The molecule has 9 nitrogen and oxygen atoms in total. The van der Waals surface area contributed by atoms with Gasteiger partial charge in [0.15, 0.2) is 0 Å². The van der Waals surface area contributed by atoms with Crippen LogP contribution in [0, 0.1) is 0 Å². The molecule has 13 heteroatoms. The first-order valence-corrected chi connectivity index (χ1v) is 13.2. The normalized spacial score (nSPS) is 19.6. The summed E-state index contributed by atoms with van der Waals surface area (Å²) in [6, 6.07) is 7.73. The molecule has 3 amide bonds. The van der Waals surface area contributed by atoms with Gasteiger partial charge in [0.25, 0.3) is 0 Å². The Hall–Kier alpha value is -3.19. The Bertz CT molecular complexity index is 1230. The fraction of sp³-hybridized carbons (Fsp3) is 0.435. The molecule has 3 N–H and O–H groups in total. The number of amides is 3. The van der Waals surface area contributed by atoms with Crippen LogP contribution in [0.2, 0.25) is 0 Å². The Morgan fingerprint density at radius 2 is 1.86 bits per heavy atom. The highest BCUT2D eigenvalue weighted by atomic mass is 32.2. The van der Waals surface area contributed by atoms with E-state index in [1.807, 2.05) is 24.3 Å². The van der Waals surface area contributed by atoms with Gasteiger partial charge in [-0.2, -0.15) is 13.2 Å². The van der Waals surface area contributed by atoms with Crippen molar-refractivity contribution in [3.63, 3.8) is 0 Å². The molecule has 2 aromatic rings. The summed E-state index contributed by atoms with van der Waals surface area (Å²) in [6.07, 6.45) is 0.245. The number of rotatable bonds is 7. The summed E-state index contributed by atoms with van der Waals surface area (Å²) in [5.41, 5.74) is 0.413. The molecule has 194 valence electrons. The monoisotopic (exact) mass is 525 g/mol. The van der Waals surface area contributed by atoms with E-state index < -0.39 is 34.0 Å². The molecule has 1 aliphatic carbocycles. The van der Waals surface area contributed by atoms with Crippen molar-refractivity contribution >= 4 is 33.3 Å². The number of nitrogens with zero attached hydrogens (tertiary/aromatic N) is 2. The fourth-order valence-electron chi connectivity index (χ4n) is 4.21. The largest absolute Gasteiger partial charge is 0.433 e. The third kappa shape index (κ3) is 6.13. The van der Waals surface area contributed by atoms with Gasteiger partial charge in [0, 0.05) is 24.2 Å². The van der Waals surface area contributed by atoms with Crippen LogP contribution in [0.15, 0.2) is 42.6 Å². The van der Waals surface area contributed by atoms with Crippen LogP contribution in [0.25, 0.3) is 0 Å². The van der Waals surface area contributed by atoms with Crippen LogP contribution >= 0.6 is 0 Å². The van der Waals surface area contributed by atoms with Gasteiger partial charge in [-0.25, -0.2) is 22.9 Å². The van der Waals surface area contributed by atoms with Gasteiger partial charge in [0.05, 0.1) is 18.1 Å². The molecule has 0 radical (unpaired) electrons. The zero-order valence-electron chi connectivity index (χ0n) is 19.4. The number of carbonyl (C=O) groups excluding carboxylic acids is 2. The van der Waals surface area contributed by atoms with Gasteiger partial charge in [0.2, 0.25) is 15.9 Å². The number of alkyl halides is 3. The van der Waals surface area contributed by atoms with Crippen molar-refractivity contribution < 1.29 is 31.2 Å². The van der Waals surface area contributed by atoms with E-state index in [1.54, 1.807) is 4.90 Å². The lowest BCUT2D eigenvalue weighted by Gasteiger charge is -2.33. The Morgan fingerprint density at radius 1 is 1.17 bits per heavy atom. The molecule has 36 heavy (non-hydrogen) atoms. The van der Waals surface area contributed by atoms with Gasteiger partial charge in [-0.1, -0.05) is 12.1 Å². The molecule has 2 fully saturated rings. The number of nitrogens with one attached hydrogen (secondary N) is 3. The molecule has 1 aromatic carbocycles. The zero-order valence-corrected chi connectivity index (χ0v) is 20.2. The van der Waals surface area contributed by atoms with E-state index in [-0.39, 0.29) is 17.0 Å². The molecule has 2 aliphatic rings. The van der Waals surface area contributed by atoms with Crippen LogP contribution in [0.3, 0.4) is 0 Å². The second kappa shape index (κ2) is 9.69. The first-order valence-electron chi connectivity index (χ1n) is 11.3. The molecule has 1 aliphatic heterocycles. The summed E-state index contributed by atoms with van der Waals surface area (Å²) < 4.78 is 63.4. The molecular formula is C23H26F3N5O4S. The van der Waals surface area contributed by atoms with Crippen molar-refractivity contribution in [2.24, 2.45) is 0 Å². The molecule has 0 unspecified atom stereocenters. The quantitative estimate of drug-likeness (QED) is 0.513. The van der Waals surface area contributed by atoms with Crippen LogP contribution < -0.4 is 20.3 Å². The molecule has 2 heterocycles. The molecule has 0 spiro atoms. The van der Waals surface area contributed by atoms with E-state index in [9.17, 15) is 31.2 Å². The van der Waals surface area contributed by atoms with Crippen molar-refractivity contribution in [3.05, 3.63) is 53.9 Å². The lowest BCUT2D eigenvalue weighted by molar-refractivity contribution is -0.141. The molecule has 1 saturated heterocycles. The Morgan fingerprint density at radius 3 is 2.42 bits per heavy atom. The maximum atomic E-state index is 13.0. The number of piperidine rings is 1. The molecule has 1 atom stereocenters. The van der Waals surface area contributed by atoms with Crippen LogP contribution in [0.4, 0.5) is 29.3 Å². The van der Waals surface area contributed by atoms with Gasteiger partial charge in [0.1, 0.15) is 11.7 Å². The number of hydrogen-bond acceptors (Lipinski definition) is 5. The van der Waals surface area contributed by atoms with Crippen LogP contribution in [-0.4, -0.2) is 50.7 Å². The average molecular weight is 526 g/mol.